The monoisotopic (exact) mass is 485 g/mol. The van der Waals surface area contributed by atoms with Gasteiger partial charge in [0.25, 0.3) is 0 Å². The van der Waals surface area contributed by atoms with Gasteiger partial charge < -0.3 is 0 Å². The normalized spacial score (nSPS) is 11.9. The minimum atomic E-state index is -4.56. The number of aryl methyl sites for hydroxylation is 1. The minimum Gasteiger partial charge on any atom is -0.248 e. The lowest BCUT2D eigenvalue weighted by atomic mass is 10.0. The number of aromatic nitrogens is 3. The summed E-state index contributed by atoms with van der Waals surface area (Å²) in [5.74, 6) is 0.0196. The SMILES string of the molecule is Cc1c(-c2nc(-c3c(F)cccc3Cl)nn2C)csc1-c1ccc(Cl)c(C(F)(F)F)c1. The third-order valence-electron chi connectivity index (χ3n) is 4.76. The summed E-state index contributed by atoms with van der Waals surface area (Å²) in [7, 11) is 1.65. The average molecular weight is 486 g/mol. The number of hydrogen-bond donors (Lipinski definition) is 0. The molecule has 10 heteroatoms. The highest BCUT2D eigenvalue weighted by Crippen LogP contribution is 2.42. The molecule has 0 amide bonds. The van der Waals surface area contributed by atoms with Crippen molar-refractivity contribution in [1.82, 2.24) is 14.8 Å². The second-order valence-corrected chi connectivity index (χ2v) is 8.47. The zero-order valence-electron chi connectivity index (χ0n) is 16.1. The average Bonchev–Trinajstić information content (AvgIpc) is 3.23. The van der Waals surface area contributed by atoms with Crippen molar-refractivity contribution in [3.05, 3.63) is 68.8 Å². The van der Waals surface area contributed by atoms with Crippen LogP contribution in [-0.2, 0) is 13.2 Å². The smallest absolute Gasteiger partial charge is 0.248 e. The van der Waals surface area contributed by atoms with Crippen LogP contribution in [-0.4, -0.2) is 14.8 Å². The molecular weight excluding hydrogens is 473 g/mol. The maximum absolute atomic E-state index is 14.3. The number of halogens is 6. The molecule has 0 saturated carbocycles. The van der Waals surface area contributed by atoms with Gasteiger partial charge in [-0.1, -0.05) is 35.3 Å². The Labute approximate surface area is 188 Å². The van der Waals surface area contributed by atoms with E-state index in [1.807, 2.05) is 0 Å². The van der Waals surface area contributed by atoms with E-state index >= 15 is 0 Å². The third kappa shape index (κ3) is 3.95. The molecule has 4 rings (SSSR count). The van der Waals surface area contributed by atoms with Gasteiger partial charge in [0.15, 0.2) is 11.6 Å². The van der Waals surface area contributed by atoms with E-state index in [2.05, 4.69) is 10.1 Å². The van der Waals surface area contributed by atoms with Gasteiger partial charge in [-0.05, 0) is 42.3 Å². The first kappa shape index (κ1) is 21.8. The van der Waals surface area contributed by atoms with Crippen LogP contribution in [0.25, 0.3) is 33.2 Å². The van der Waals surface area contributed by atoms with Gasteiger partial charge in [-0.25, -0.2) is 14.1 Å². The van der Waals surface area contributed by atoms with E-state index in [0.717, 1.165) is 11.6 Å². The van der Waals surface area contributed by atoms with Gasteiger partial charge in [0.1, 0.15) is 5.82 Å². The molecule has 0 radical (unpaired) electrons. The second-order valence-electron chi connectivity index (χ2n) is 6.78. The van der Waals surface area contributed by atoms with Crippen LogP contribution in [0.1, 0.15) is 11.1 Å². The molecule has 0 saturated heterocycles. The highest BCUT2D eigenvalue weighted by Gasteiger charge is 2.33. The second kappa shape index (κ2) is 7.93. The standard InChI is InChI=1S/C21H13Cl2F4N3S/c1-10-12(9-31-18(10)11-6-7-14(22)13(8-11)21(25,26)27)20-28-19(29-30(20)2)17-15(23)4-3-5-16(17)24/h3-9H,1-2H3. The van der Waals surface area contributed by atoms with Gasteiger partial charge in [0.05, 0.1) is 21.2 Å². The van der Waals surface area contributed by atoms with Crippen molar-refractivity contribution in [2.45, 2.75) is 13.1 Å². The summed E-state index contributed by atoms with van der Waals surface area (Å²) in [4.78, 5) is 5.09. The van der Waals surface area contributed by atoms with E-state index in [-0.39, 0.29) is 21.4 Å². The summed E-state index contributed by atoms with van der Waals surface area (Å²) < 4.78 is 55.5. The summed E-state index contributed by atoms with van der Waals surface area (Å²) in [5.41, 5.74) is 0.993. The maximum atomic E-state index is 14.3. The lowest BCUT2D eigenvalue weighted by Crippen LogP contribution is -2.05. The maximum Gasteiger partial charge on any atom is 0.417 e. The predicted octanol–water partition coefficient (Wildman–Crippen LogP) is 7.65. The molecule has 0 aliphatic carbocycles. The van der Waals surface area contributed by atoms with Crippen LogP contribution in [0, 0.1) is 12.7 Å². The number of rotatable bonds is 3. The Kier molecular flexibility index (Phi) is 5.57. The Morgan fingerprint density at radius 1 is 1.06 bits per heavy atom. The number of hydrogen-bond acceptors (Lipinski definition) is 3. The Balaban J connectivity index is 1.79. The van der Waals surface area contributed by atoms with Crippen LogP contribution in [0.5, 0.6) is 0 Å². The number of benzene rings is 2. The van der Waals surface area contributed by atoms with E-state index < -0.39 is 17.6 Å². The van der Waals surface area contributed by atoms with Crippen LogP contribution in [0.2, 0.25) is 10.0 Å². The van der Waals surface area contributed by atoms with E-state index in [4.69, 9.17) is 23.2 Å². The molecule has 0 N–H and O–H groups in total. The molecule has 2 aromatic heterocycles. The lowest BCUT2D eigenvalue weighted by molar-refractivity contribution is -0.137. The molecule has 0 aliphatic heterocycles. The Morgan fingerprint density at radius 3 is 2.48 bits per heavy atom. The van der Waals surface area contributed by atoms with Gasteiger partial charge >= 0.3 is 6.18 Å². The largest absolute Gasteiger partial charge is 0.417 e. The highest BCUT2D eigenvalue weighted by molar-refractivity contribution is 7.14. The fraction of sp³-hybridized carbons (Fsp3) is 0.143. The number of alkyl halides is 3. The molecular formula is C21H13Cl2F4N3S. The lowest BCUT2D eigenvalue weighted by Gasteiger charge is -2.11. The van der Waals surface area contributed by atoms with Crippen LogP contribution in [0.4, 0.5) is 17.6 Å². The molecule has 31 heavy (non-hydrogen) atoms. The van der Waals surface area contributed by atoms with Crippen LogP contribution >= 0.6 is 34.5 Å². The molecule has 0 spiro atoms. The summed E-state index contributed by atoms with van der Waals surface area (Å²) in [5, 5.41) is 5.89. The first-order valence-electron chi connectivity index (χ1n) is 8.89. The zero-order valence-corrected chi connectivity index (χ0v) is 18.4. The van der Waals surface area contributed by atoms with Crippen molar-refractivity contribution >= 4 is 34.5 Å². The third-order valence-corrected chi connectivity index (χ3v) is 6.54. The van der Waals surface area contributed by atoms with Crippen molar-refractivity contribution in [1.29, 1.82) is 0 Å². The van der Waals surface area contributed by atoms with Crippen molar-refractivity contribution in [3.8, 4) is 33.2 Å². The Hall–Kier alpha value is -2.42. The van der Waals surface area contributed by atoms with Crippen LogP contribution in [0.3, 0.4) is 0 Å². The number of nitrogens with zero attached hydrogens (tertiary/aromatic N) is 3. The van der Waals surface area contributed by atoms with Gasteiger partial charge in [-0.2, -0.15) is 18.3 Å². The van der Waals surface area contributed by atoms with E-state index in [1.54, 1.807) is 31.5 Å². The van der Waals surface area contributed by atoms with Crippen LogP contribution in [0.15, 0.2) is 41.8 Å². The molecule has 0 atom stereocenters. The molecule has 160 valence electrons. The molecule has 0 aliphatic rings. The van der Waals surface area contributed by atoms with Gasteiger partial charge in [0.2, 0.25) is 0 Å². The fourth-order valence-corrected chi connectivity index (χ4v) is 4.78. The van der Waals surface area contributed by atoms with Gasteiger partial charge in [-0.3, -0.25) is 0 Å². The molecule has 2 heterocycles. The van der Waals surface area contributed by atoms with E-state index in [0.29, 0.717) is 21.8 Å². The quantitative estimate of drug-likeness (QED) is 0.279. The zero-order chi connectivity index (χ0) is 22.5. The van der Waals surface area contributed by atoms with Gasteiger partial charge in [-0.15, -0.1) is 11.3 Å². The molecule has 3 nitrogen and oxygen atoms in total. The molecule has 0 bridgehead atoms. The van der Waals surface area contributed by atoms with Crippen LogP contribution < -0.4 is 0 Å². The topological polar surface area (TPSA) is 30.7 Å². The first-order valence-corrected chi connectivity index (χ1v) is 10.5. The van der Waals surface area contributed by atoms with Crippen molar-refractivity contribution < 1.29 is 17.6 Å². The molecule has 4 aromatic rings. The van der Waals surface area contributed by atoms with E-state index in [1.165, 1.54) is 34.2 Å². The van der Waals surface area contributed by atoms with Gasteiger partial charge in [0, 0.05) is 22.9 Å². The summed E-state index contributed by atoms with van der Waals surface area (Å²) in [6, 6.07) is 8.11. The summed E-state index contributed by atoms with van der Waals surface area (Å²) >= 11 is 13.1. The molecule has 0 fully saturated rings. The van der Waals surface area contributed by atoms with Crippen molar-refractivity contribution in [3.63, 3.8) is 0 Å². The number of thiophene rings is 1. The summed E-state index contributed by atoms with van der Waals surface area (Å²) in [6.07, 6.45) is -4.56. The highest BCUT2D eigenvalue weighted by atomic mass is 35.5. The predicted molar refractivity (Wildman–Crippen MR) is 115 cm³/mol. The summed E-state index contributed by atoms with van der Waals surface area (Å²) in [6.45, 7) is 1.79. The Morgan fingerprint density at radius 2 is 1.81 bits per heavy atom. The fourth-order valence-electron chi connectivity index (χ4n) is 3.24. The molecule has 0 unspecified atom stereocenters. The molecule has 2 aromatic carbocycles. The van der Waals surface area contributed by atoms with E-state index in [9.17, 15) is 17.6 Å². The first-order chi connectivity index (χ1) is 14.6. The Bertz CT molecular complexity index is 1270. The van der Waals surface area contributed by atoms with Crippen molar-refractivity contribution in [2.24, 2.45) is 7.05 Å². The van der Waals surface area contributed by atoms with Crippen molar-refractivity contribution in [2.75, 3.05) is 0 Å². The minimum absolute atomic E-state index is 0.0895.